The van der Waals surface area contributed by atoms with Gasteiger partial charge in [0, 0.05) is 30.9 Å². The molecule has 2 fully saturated rings. The molecule has 2 aliphatic rings. The molecule has 1 atom stereocenters. The number of piperidine rings is 1. The Morgan fingerprint density at radius 3 is 2.71 bits per heavy atom. The molecule has 0 saturated carbocycles. The van der Waals surface area contributed by atoms with E-state index in [1.165, 1.54) is 0 Å². The summed E-state index contributed by atoms with van der Waals surface area (Å²) in [5.74, 6) is 3.42. The molecule has 7 nitrogen and oxygen atoms in total. The van der Waals surface area contributed by atoms with Gasteiger partial charge in [0.05, 0.1) is 18.9 Å². The van der Waals surface area contributed by atoms with E-state index in [2.05, 4.69) is 32.8 Å². The number of likely N-dealkylation sites (tertiary alicyclic amines) is 1. The molecule has 2 aliphatic heterocycles. The van der Waals surface area contributed by atoms with E-state index < -0.39 is 0 Å². The number of nitrogens with zero attached hydrogens (tertiary/aromatic N) is 4. The van der Waals surface area contributed by atoms with Crippen LogP contribution in [-0.4, -0.2) is 63.4 Å². The van der Waals surface area contributed by atoms with Crippen molar-refractivity contribution in [3.63, 3.8) is 0 Å². The van der Waals surface area contributed by atoms with Gasteiger partial charge in [-0.05, 0) is 68.6 Å². The van der Waals surface area contributed by atoms with Crippen LogP contribution in [-0.2, 0) is 11.3 Å². The molecule has 1 aromatic heterocycles. The van der Waals surface area contributed by atoms with Crippen molar-refractivity contribution in [2.45, 2.75) is 49.4 Å². The summed E-state index contributed by atoms with van der Waals surface area (Å²) < 4.78 is 13.5. The lowest BCUT2D eigenvalue weighted by molar-refractivity contribution is 0.129. The minimum absolute atomic E-state index is 0.296. The maximum Gasteiger partial charge on any atom is 0.195 e. The maximum absolute atomic E-state index is 9.77. The van der Waals surface area contributed by atoms with Gasteiger partial charge in [0.2, 0.25) is 0 Å². The van der Waals surface area contributed by atoms with Gasteiger partial charge in [-0.3, -0.25) is 9.47 Å². The molecule has 180 valence electrons. The molecular formula is C26H32N4O3S. The fraction of sp³-hybridized carbons (Fsp3) is 0.462. The van der Waals surface area contributed by atoms with Crippen molar-refractivity contribution < 1.29 is 14.6 Å². The number of methoxy groups -OCH3 is 1. The van der Waals surface area contributed by atoms with E-state index in [1.54, 1.807) is 24.9 Å². The molecule has 0 radical (unpaired) electrons. The maximum atomic E-state index is 9.77. The molecular weight excluding hydrogens is 448 g/mol. The molecule has 2 aromatic carbocycles. The number of benzene rings is 2. The van der Waals surface area contributed by atoms with Crippen molar-refractivity contribution in [2.75, 3.05) is 32.6 Å². The van der Waals surface area contributed by atoms with Crippen LogP contribution >= 0.6 is 11.8 Å². The topological polar surface area (TPSA) is 72.6 Å². The third-order valence-corrected chi connectivity index (χ3v) is 7.72. The zero-order chi connectivity index (χ0) is 23.3. The highest BCUT2D eigenvalue weighted by molar-refractivity contribution is 7.99. The normalized spacial score (nSPS) is 19.5. The van der Waals surface area contributed by atoms with Gasteiger partial charge >= 0.3 is 0 Å². The summed E-state index contributed by atoms with van der Waals surface area (Å²) in [4.78, 5) is 2.45. The van der Waals surface area contributed by atoms with Crippen LogP contribution in [0.2, 0.25) is 0 Å². The molecule has 0 spiro atoms. The van der Waals surface area contributed by atoms with Gasteiger partial charge in [-0.15, -0.1) is 10.2 Å². The Morgan fingerprint density at radius 1 is 1.09 bits per heavy atom. The number of hydrogen-bond donors (Lipinski definition) is 1. The number of hydrogen-bond acceptors (Lipinski definition) is 7. The van der Waals surface area contributed by atoms with Crippen LogP contribution in [0.15, 0.2) is 53.7 Å². The Labute approximate surface area is 205 Å². The van der Waals surface area contributed by atoms with E-state index in [-0.39, 0.29) is 0 Å². The molecule has 2 saturated heterocycles. The van der Waals surface area contributed by atoms with Gasteiger partial charge in [-0.1, -0.05) is 30.0 Å². The Bertz CT molecular complexity index is 1090. The van der Waals surface area contributed by atoms with Crippen LogP contribution in [0.4, 0.5) is 0 Å². The Kier molecular flexibility index (Phi) is 7.37. The molecule has 5 rings (SSSR count). The van der Waals surface area contributed by atoms with Crippen LogP contribution in [0, 0.1) is 0 Å². The van der Waals surface area contributed by atoms with Crippen molar-refractivity contribution in [2.24, 2.45) is 0 Å². The van der Waals surface area contributed by atoms with Gasteiger partial charge in [0.15, 0.2) is 5.16 Å². The third kappa shape index (κ3) is 5.40. The molecule has 3 aromatic rings. The Morgan fingerprint density at radius 2 is 1.94 bits per heavy atom. The molecule has 0 aliphatic carbocycles. The van der Waals surface area contributed by atoms with Gasteiger partial charge in [0.1, 0.15) is 17.3 Å². The average Bonchev–Trinajstić information content (AvgIpc) is 3.53. The lowest BCUT2D eigenvalue weighted by Crippen LogP contribution is -2.33. The molecule has 0 unspecified atom stereocenters. The molecule has 1 N–H and O–H groups in total. The van der Waals surface area contributed by atoms with Gasteiger partial charge in [-0.2, -0.15) is 0 Å². The van der Waals surface area contributed by atoms with Crippen molar-refractivity contribution >= 4 is 11.8 Å². The number of rotatable bonds is 8. The number of aromatic nitrogens is 3. The molecule has 8 heteroatoms. The third-order valence-electron chi connectivity index (χ3n) is 6.66. The van der Waals surface area contributed by atoms with Crippen LogP contribution in [0.3, 0.4) is 0 Å². The molecule has 3 heterocycles. The zero-order valence-corrected chi connectivity index (χ0v) is 20.4. The SMILES string of the molecule is COc1cccc(-n2c(SC[C@H]3CCCO3)nnc2C2CCN(Cc3cccc(O)c3)CC2)c1. The van der Waals surface area contributed by atoms with E-state index in [0.717, 1.165) is 85.7 Å². The molecule has 0 bridgehead atoms. The van der Waals surface area contributed by atoms with Crippen molar-refractivity contribution in [1.82, 2.24) is 19.7 Å². The highest BCUT2D eigenvalue weighted by Crippen LogP contribution is 2.34. The second-order valence-corrected chi connectivity index (χ2v) is 10.0. The van der Waals surface area contributed by atoms with Gasteiger partial charge < -0.3 is 14.6 Å². The first kappa shape index (κ1) is 23.2. The van der Waals surface area contributed by atoms with Gasteiger partial charge in [0.25, 0.3) is 0 Å². The number of phenolic OH excluding ortho intramolecular Hbond substituents is 1. The number of thioether (sulfide) groups is 1. The highest BCUT2D eigenvalue weighted by Gasteiger charge is 2.28. The standard InChI is InChI=1S/C26H32N4O3S/c1-32-23-8-3-6-21(16-23)30-25(27-28-26(30)34-18-24-9-4-14-33-24)20-10-12-29(13-11-20)17-19-5-2-7-22(31)15-19/h2-3,5-8,15-16,20,24,31H,4,9-14,17-18H2,1H3/t24-/m1/s1. The smallest absolute Gasteiger partial charge is 0.195 e. The number of ether oxygens (including phenoxy) is 2. The predicted molar refractivity (Wildman–Crippen MR) is 133 cm³/mol. The van der Waals surface area contributed by atoms with E-state index in [0.29, 0.717) is 17.8 Å². The van der Waals surface area contributed by atoms with Crippen molar-refractivity contribution in [3.8, 4) is 17.2 Å². The summed E-state index contributed by atoms with van der Waals surface area (Å²) >= 11 is 1.73. The summed E-state index contributed by atoms with van der Waals surface area (Å²) in [6, 6.07) is 15.7. The quantitative estimate of drug-likeness (QED) is 0.471. The lowest BCUT2D eigenvalue weighted by atomic mass is 9.95. The summed E-state index contributed by atoms with van der Waals surface area (Å²) in [6.45, 7) is 3.69. The monoisotopic (exact) mass is 480 g/mol. The summed E-state index contributed by atoms with van der Waals surface area (Å²) in [6.07, 6.45) is 4.60. The predicted octanol–water partition coefficient (Wildman–Crippen LogP) is 4.63. The van der Waals surface area contributed by atoms with E-state index in [1.807, 2.05) is 24.3 Å². The van der Waals surface area contributed by atoms with Crippen molar-refractivity contribution in [1.29, 1.82) is 0 Å². The summed E-state index contributed by atoms with van der Waals surface area (Å²) in [5, 5.41) is 20.0. The largest absolute Gasteiger partial charge is 0.508 e. The van der Waals surface area contributed by atoms with Crippen LogP contribution in [0.1, 0.15) is 43.0 Å². The Hall–Kier alpha value is -2.55. The van der Waals surface area contributed by atoms with Crippen LogP contribution in [0.25, 0.3) is 5.69 Å². The van der Waals surface area contributed by atoms with E-state index >= 15 is 0 Å². The van der Waals surface area contributed by atoms with Crippen LogP contribution in [0.5, 0.6) is 11.5 Å². The summed E-state index contributed by atoms with van der Waals surface area (Å²) in [7, 11) is 1.70. The fourth-order valence-electron chi connectivity index (χ4n) is 4.84. The van der Waals surface area contributed by atoms with Crippen LogP contribution < -0.4 is 4.74 Å². The first-order valence-electron chi connectivity index (χ1n) is 12.0. The number of aromatic hydroxyl groups is 1. The molecule has 0 amide bonds. The van der Waals surface area contributed by atoms with Gasteiger partial charge in [-0.25, -0.2) is 0 Å². The second kappa shape index (κ2) is 10.8. The highest BCUT2D eigenvalue weighted by atomic mass is 32.2. The molecule has 34 heavy (non-hydrogen) atoms. The minimum atomic E-state index is 0.296. The first-order chi connectivity index (χ1) is 16.7. The second-order valence-electron chi connectivity index (χ2n) is 9.04. The van der Waals surface area contributed by atoms with E-state index in [4.69, 9.17) is 14.6 Å². The zero-order valence-electron chi connectivity index (χ0n) is 19.6. The number of phenols is 1. The lowest BCUT2D eigenvalue weighted by Gasteiger charge is -2.31. The first-order valence-corrected chi connectivity index (χ1v) is 13.0. The average molecular weight is 481 g/mol. The fourth-order valence-corrected chi connectivity index (χ4v) is 5.86. The van der Waals surface area contributed by atoms with Crippen molar-refractivity contribution in [3.05, 3.63) is 59.9 Å². The minimum Gasteiger partial charge on any atom is -0.508 e. The summed E-state index contributed by atoms with van der Waals surface area (Å²) in [5.41, 5.74) is 2.18. The Balaban J connectivity index is 1.33. The van der Waals surface area contributed by atoms with E-state index in [9.17, 15) is 5.11 Å².